The molecule has 1 aliphatic rings. The second-order valence-corrected chi connectivity index (χ2v) is 9.69. The lowest BCUT2D eigenvalue weighted by molar-refractivity contribution is -0.138. The quantitative estimate of drug-likeness (QED) is 0.340. The van der Waals surface area contributed by atoms with Crippen molar-refractivity contribution in [2.45, 2.75) is 17.7 Å². The first kappa shape index (κ1) is 23.3. The van der Waals surface area contributed by atoms with Crippen LogP contribution in [0, 0.1) is 0 Å². The summed E-state index contributed by atoms with van der Waals surface area (Å²) in [6.07, 6.45) is 2.86. The van der Waals surface area contributed by atoms with Gasteiger partial charge < -0.3 is 19.6 Å². The number of imidazole rings is 1. The van der Waals surface area contributed by atoms with Gasteiger partial charge in [-0.25, -0.2) is 14.6 Å². The van der Waals surface area contributed by atoms with Crippen LogP contribution in [0.15, 0.2) is 73.1 Å². The summed E-state index contributed by atoms with van der Waals surface area (Å²) in [4.78, 5) is 28.7. The maximum atomic E-state index is 12.5. The first-order valence-corrected chi connectivity index (χ1v) is 12.6. The van der Waals surface area contributed by atoms with Crippen molar-refractivity contribution >= 4 is 41.1 Å². The molecule has 7 nitrogen and oxygen atoms in total. The van der Waals surface area contributed by atoms with Crippen LogP contribution < -0.4 is 5.32 Å². The van der Waals surface area contributed by atoms with Crippen LogP contribution in [-0.4, -0.2) is 45.0 Å². The molecule has 178 valence electrons. The number of carbonyl (C=O) groups excluding carboxylic acids is 1. The average Bonchev–Trinajstić information content (AvgIpc) is 3.40. The van der Waals surface area contributed by atoms with Crippen molar-refractivity contribution in [1.82, 2.24) is 14.7 Å². The van der Waals surface area contributed by atoms with Crippen LogP contribution in [0.3, 0.4) is 0 Å². The fourth-order valence-electron chi connectivity index (χ4n) is 4.33. The number of carboxylic acid groups (broad SMARTS) is 1. The van der Waals surface area contributed by atoms with Gasteiger partial charge in [-0.1, -0.05) is 60.1 Å². The summed E-state index contributed by atoms with van der Waals surface area (Å²) in [5.74, 6) is -0.536. The van der Waals surface area contributed by atoms with Gasteiger partial charge >= 0.3 is 12.1 Å². The zero-order chi connectivity index (χ0) is 24.4. The van der Waals surface area contributed by atoms with E-state index in [9.17, 15) is 14.7 Å². The molecule has 35 heavy (non-hydrogen) atoms. The smallest absolute Gasteiger partial charge is 0.407 e. The number of benzene rings is 2. The molecule has 0 saturated carbocycles. The SMILES string of the molecule is O=C(NC(CSCc1cn2cc(Cl)ccc2n1)C(=O)O)OCC1c2ccccc2-c2ccccc21. The largest absolute Gasteiger partial charge is 0.480 e. The number of nitrogens with one attached hydrogen (secondary N) is 1. The molecule has 0 radical (unpaired) electrons. The van der Waals surface area contributed by atoms with E-state index in [0.29, 0.717) is 10.8 Å². The number of pyridine rings is 1. The second-order valence-electron chi connectivity index (χ2n) is 8.22. The zero-order valence-electron chi connectivity index (χ0n) is 18.6. The number of aliphatic carboxylic acids is 1. The monoisotopic (exact) mass is 507 g/mol. The third-order valence-electron chi connectivity index (χ3n) is 5.93. The van der Waals surface area contributed by atoms with Crippen LogP contribution in [0.2, 0.25) is 5.02 Å². The molecule has 2 aromatic carbocycles. The van der Waals surface area contributed by atoms with Crippen molar-refractivity contribution in [2.75, 3.05) is 12.4 Å². The van der Waals surface area contributed by atoms with Gasteiger partial charge in [0, 0.05) is 29.8 Å². The predicted octanol–water partition coefficient (Wildman–Crippen LogP) is 5.21. The van der Waals surface area contributed by atoms with Crippen LogP contribution in [0.5, 0.6) is 0 Å². The van der Waals surface area contributed by atoms with Crippen LogP contribution in [0.25, 0.3) is 16.8 Å². The summed E-state index contributed by atoms with van der Waals surface area (Å²) < 4.78 is 7.31. The highest BCUT2D eigenvalue weighted by Gasteiger charge is 2.29. The molecular formula is C26H22ClN3O4S. The van der Waals surface area contributed by atoms with E-state index in [4.69, 9.17) is 16.3 Å². The number of nitrogens with zero attached hydrogens (tertiary/aromatic N) is 2. The Hall–Kier alpha value is -3.49. The number of hydrogen-bond donors (Lipinski definition) is 2. The number of halogens is 1. The Balaban J connectivity index is 1.17. The summed E-state index contributed by atoms with van der Waals surface area (Å²) >= 11 is 7.37. The molecule has 0 spiro atoms. The van der Waals surface area contributed by atoms with Crippen LogP contribution >= 0.6 is 23.4 Å². The molecule has 1 atom stereocenters. The molecule has 2 aromatic heterocycles. The lowest BCUT2D eigenvalue weighted by atomic mass is 9.98. The molecule has 0 saturated heterocycles. The molecule has 0 fully saturated rings. The molecule has 4 aromatic rings. The topological polar surface area (TPSA) is 92.9 Å². The highest BCUT2D eigenvalue weighted by molar-refractivity contribution is 7.98. The van der Waals surface area contributed by atoms with E-state index in [2.05, 4.69) is 22.4 Å². The van der Waals surface area contributed by atoms with Crippen molar-refractivity contribution in [3.05, 3.63) is 94.9 Å². The van der Waals surface area contributed by atoms with Gasteiger partial charge in [0.1, 0.15) is 18.3 Å². The summed E-state index contributed by atoms with van der Waals surface area (Å²) in [5, 5.41) is 12.7. The lowest BCUT2D eigenvalue weighted by Gasteiger charge is -2.17. The summed E-state index contributed by atoms with van der Waals surface area (Å²) in [7, 11) is 0. The van der Waals surface area contributed by atoms with E-state index in [1.54, 1.807) is 12.3 Å². The number of ether oxygens (including phenoxy) is 1. The van der Waals surface area contributed by atoms with Gasteiger partial charge in [0.15, 0.2) is 0 Å². The zero-order valence-corrected chi connectivity index (χ0v) is 20.1. The van der Waals surface area contributed by atoms with E-state index in [0.717, 1.165) is 33.6 Å². The fourth-order valence-corrected chi connectivity index (χ4v) is 5.42. The Morgan fingerprint density at radius 1 is 1.06 bits per heavy atom. The van der Waals surface area contributed by atoms with E-state index < -0.39 is 18.1 Å². The molecule has 2 heterocycles. The molecular weight excluding hydrogens is 486 g/mol. The Morgan fingerprint density at radius 2 is 1.74 bits per heavy atom. The van der Waals surface area contributed by atoms with Crippen LogP contribution in [0.4, 0.5) is 4.79 Å². The minimum absolute atomic E-state index is 0.0886. The number of fused-ring (bicyclic) bond motifs is 4. The van der Waals surface area contributed by atoms with Crippen molar-refractivity contribution in [2.24, 2.45) is 0 Å². The Morgan fingerprint density at radius 3 is 2.43 bits per heavy atom. The van der Waals surface area contributed by atoms with Crippen LogP contribution in [0.1, 0.15) is 22.7 Å². The highest BCUT2D eigenvalue weighted by Crippen LogP contribution is 2.44. The van der Waals surface area contributed by atoms with E-state index in [1.807, 2.05) is 53.1 Å². The molecule has 5 rings (SSSR count). The molecule has 1 amide bonds. The van der Waals surface area contributed by atoms with Crippen molar-refractivity contribution in [3.63, 3.8) is 0 Å². The van der Waals surface area contributed by atoms with Crippen molar-refractivity contribution in [1.29, 1.82) is 0 Å². The fraction of sp³-hybridized carbons (Fsp3) is 0.192. The van der Waals surface area contributed by atoms with E-state index in [-0.39, 0.29) is 18.3 Å². The van der Waals surface area contributed by atoms with Gasteiger partial charge in [0.2, 0.25) is 0 Å². The normalized spacial score (nSPS) is 13.3. The Labute approximate surface area is 211 Å². The van der Waals surface area contributed by atoms with Gasteiger partial charge in [-0.3, -0.25) is 0 Å². The molecule has 0 bridgehead atoms. The Bertz CT molecular complexity index is 1360. The van der Waals surface area contributed by atoms with Crippen molar-refractivity contribution < 1.29 is 19.4 Å². The first-order valence-electron chi connectivity index (χ1n) is 11.0. The maximum absolute atomic E-state index is 12.5. The summed E-state index contributed by atoms with van der Waals surface area (Å²) in [6.45, 7) is 0.128. The second kappa shape index (κ2) is 10.0. The van der Waals surface area contributed by atoms with Gasteiger partial charge in [-0.2, -0.15) is 11.8 Å². The Kier molecular flexibility index (Phi) is 6.66. The van der Waals surface area contributed by atoms with Crippen molar-refractivity contribution in [3.8, 4) is 11.1 Å². The van der Waals surface area contributed by atoms with Crippen LogP contribution in [-0.2, 0) is 15.3 Å². The number of aromatic nitrogens is 2. The minimum Gasteiger partial charge on any atom is -0.480 e. The average molecular weight is 508 g/mol. The molecule has 1 aliphatic carbocycles. The maximum Gasteiger partial charge on any atom is 0.407 e. The van der Waals surface area contributed by atoms with Gasteiger partial charge in [-0.15, -0.1) is 0 Å². The third-order valence-corrected chi connectivity index (χ3v) is 7.23. The lowest BCUT2D eigenvalue weighted by Crippen LogP contribution is -2.43. The summed E-state index contributed by atoms with van der Waals surface area (Å²) in [6, 6.07) is 18.6. The minimum atomic E-state index is -1.12. The predicted molar refractivity (Wildman–Crippen MR) is 136 cm³/mol. The van der Waals surface area contributed by atoms with Gasteiger partial charge in [0.05, 0.1) is 10.7 Å². The number of carbonyl (C=O) groups is 2. The van der Waals surface area contributed by atoms with E-state index in [1.165, 1.54) is 11.8 Å². The number of alkyl carbamates (subject to hydrolysis) is 1. The molecule has 9 heteroatoms. The van der Waals surface area contributed by atoms with Gasteiger partial charge in [0.25, 0.3) is 0 Å². The number of amides is 1. The molecule has 1 unspecified atom stereocenters. The molecule has 0 aliphatic heterocycles. The highest BCUT2D eigenvalue weighted by atomic mass is 35.5. The molecule has 2 N–H and O–H groups in total. The summed E-state index contributed by atoms with van der Waals surface area (Å²) in [5.41, 5.74) is 6.01. The standard InChI is InChI=1S/C26H22ClN3O4S/c27-16-9-10-24-28-17(12-30(24)11-16)14-35-15-23(25(31)32)29-26(33)34-13-22-20-7-3-1-5-18(20)19-6-2-4-8-21(19)22/h1-12,22-23H,13-15H2,(H,29,33)(H,31,32). The number of carboxylic acids is 1. The number of rotatable bonds is 8. The first-order chi connectivity index (χ1) is 17.0. The number of hydrogen-bond acceptors (Lipinski definition) is 5. The van der Waals surface area contributed by atoms with E-state index >= 15 is 0 Å². The number of thioether (sulfide) groups is 1. The third kappa shape index (κ3) is 4.99. The van der Waals surface area contributed by atoms with Gasteiger partial charge in [-0.05, 0) is 34.4 Å².